The normalized spacial score (nSPS) is 28.2. The minimum atomic E-state index is -0.540. The minimum Gasteiger partial charge on any atom is -0.389 e. The van der Waals surface area contributed by atoms with Gasteiger partial charge in [0, 0.05) is 26.2 Å². The number of rotatable bonds is 4. The topological polar surface area (TPSA) is 79.0 Å². The number of hydrogen-bond acceptors (Lipinski definition) is 6. The lowest BCUT2D eigenvalue weighted by atomic mass is 10.1. The first-order valence-electron chi connectivity index (χ1n) is 8.76. The van der Waals surface area contributed by atoms with Crippen molar-refractivity contribution in [3.05, 3.63) is 17.0 Å². The molecule has 3 atom stereocenters. The number of aryl methyl sites for hydroxylation is 2. The molecule has 0 radical (unpaired) electrons. The van der Waals surface area contributed by atoms with Crippen molar-refractivity contribution < 1.29 is 19.2 Å². The van der Waals surface area contributed by atoms with E-state index in [4.69, 9.17) is 9.26 Å². The van der Waals surface area contributed by atoms with Crippen LogP contribution in [0.3, 0.4) is 0 Å². The largest absolute Gasteiger partial charge is 0.389 e. The van der Waals surface area contributed by atoms with E-state index in [0.29, 0.717) is 36.7 Å². The summed E-state index contributed by atoms with van der Waals surface area (Å²) in [6.07, 6.45) is 1.81. The van der Waals surface area contributed by atoms with Crippen molar-refractivity contribution in [3.63, 3.8) is 0 Å². The Labute approximate surface area is 142 Å². The molecule has 0 bridgehead atoms. The van der Waals surface area contributed by atoms with Crippen LogP contribution in [0.25, 0.3) is 0 Å². The molecular formula is C17H27N3O4. The average Bonchev–Trinajstić information content (AvgIpc) is 3.17. The second-order valence-corrected chi connectivity index (χ2v) is 6.68. The van der Waals surface area contributed by atoms with Gasteiger partial charge in [0.15, 0.2) is 0 Å². The molecule has 1 aromatic heterocycles. The molecule has 2 fully saturated rings. The maximum atomic E-state index is 12.9. The van der Waals surface area contributed by atoms with Gasteiger partial charge >= 0.3 is 0 Å². The third-order valence-electron chi connectivity index (χ3n) is 5.36. The molecule has 0 unspecified atom stereocenters. The van der Waals surface area contributed by atoms with Crippen LogP contribution in [0.1, 0.15) is 41.6 Å². The van der Waals surface area contributed by atoms with Gasteiger partial charge in [-0.2, -0.15) is 0 Å². The highest BCUT2D eigenvalue weighted by molar-refractivity contribution is 5.96. The number of aliphatic hydroxyl groups is 1. The molecule has 1 amide bonds. The lowest BCUT2D eigenvalue weighted by molar-refractivity contribution is -0.0231. The van der Waals surface area contributed by atoms with Gasteiger partial charge in [0.2, 0.25) is 0 Å². The number of carbonyl (C=O) groups is 1. The van der Waals surface area contributed by atoms with E-state index in [9.17, 15) is 9.90 Å². The van der Waals surface area contributed by atoms with Crippen LogP contribution in [0.2, 0.25) is 0 Å². The fraction of sp³-hybridized carbons (Fsp3) is 0.765. The minimum absolute atomic E-state index is 0.100. The van der Waals surface area contributed by atoms with Crippen molar-refractivity contribution in [2.45, 2.75) is 51.3 Å². The summed E-state index contributed by atoms with van der Waals surface area (Å²) in [5.41, 5.74) is 1.23. The summed E-state index contributed by atoms with van der Waals surface area (Å²) < 4.78 is 10.6. The highest BCUT2D eigenvalue weighted by Crippen LogP contribution is 2.30. The van der Waals surface area contributed by atoms with Crippen molar-refractivity contribution >= 4 is 5.91 Å². The molecule has 1 saturated heterocycles. The number of carbonyl (C=O) groups excluding carboxylic acids is 1. The van der Waals surface area contributed by atoms with Crippen LogP contribution in [0.5, 0.6) is 0 Å². The van der Waals surface area contributed by atoms with Gasteiger partial charge in [0.25, 0.3) is 5.91 Å². The number of morpholine rings is 1. The first-order chi connectivity index (χ1) is 11.5. The zero-order chi connectivity index (χ0) is 17.3. The quantitative estimate of drug-likeness (QED) is 0.877. The third-order valence-corrected chi connectivity index (χ3v) is 5.36. The van der Waals surface area contributed by atoms with Crippen LogP contribution < -0.4 is 0 Å². The SMILES string of the molecule is CCc1noc(C)c1C(=O)N(C)[C@@H]1CC[C@@H](N2CCOCC2)[C@@H]1O. The highest BCUT2D eigenvalue weighted by atomic mass is 16.5. The van der Waals surface area contributed by atoms with Crippen LogP contribution in [-0.2, 0) is 11.2 Å². The third kappa shape index (κ3) is 3.08. The Kier molecular flexibility index (Phi) is 5.22. The molecule has 1 saturated carbocycles. The summed E-state index contributed by atoms with van der Waals surface area (Å²) in [7, 11) is 1.77. The van der Waals surface area contributed by atoms with Crippen molar-refractivity contribution in [1.29, 1.82) is 0 Å². The number of likely N-dealkylation sites (N-methyl/N-ethyl adjacent to an activating group) is 1. The summed E-state index contributed by atoms with van der Waals surface area (Å²) >= 11 is 0. The van der Waals surface area contributed by atoms with Crippen LogP contribution in [0.4, 0.5) is 0 Å². The molecule has 0 aromatic carbocycles. The number of nitrogens with zero attached hydrogens (tertiary/aromatic N) is 3. The molecule has 1 N–H and O–H groups in total. The van der Waals surface area contributed by atoms with Gasteiger partial charge in [-0.3, -0.25) is 9.69 Å². The Balaban J connectivity index is 1.72. The smallest absolute Gasteiger partial charge is 0.259 e. The molecule has 7 nitrogen and oxygen atoms in total. The van der Waals surface area contributed by atoms with Gasteiger partial charge in [-0.05, 0) is 26.2 Å². The standard InChI is InChI=1S/C17H27N3O4/c1-4-12-15(11(2)24-18-12)17(22)19(3)13-5-6-14(16(13)21)20-7-9-23-10-8-20/h13-14,16,21H,4-10H2,1-3H3/t13-,14-,16-/m1/s1. The molecule has 0 spiro atoms. The fourth-order valence-electron chi connectivity index (χ4n) is 3.93. The van der Waals surface area contributed by atoms with Crippen molar-refractivity contribution in [2.24, 2.45) is 0 Å². The Morgan fingerprint density at radius 3 is 2.75 bits per heavy atom. The number of hydrogen-bond donors (Lipinski definition) is 1. The van der Waals surface area contributed by atoms with Crippen LogP contribution in [-0.4, -0.2) is 77.5 Å². The van der Waals surface area contributed by atoms with Crippen molar-refractivity contribution in [2.75, 3.05) is 33.4 Å². The highest BCUT2D eigenvalue weighted by Gasteiger charge is 2.42. The summed E-state index contributed by atoms with van der Waals surface area (Å²) in [5.74, 6) is 0.429. The summed E-state index contributed by atoms with van der Waals surface area (Å²) in [5, 5.41) is 14.8. The van der Waals surface area contributed by atoms with Crippen molar-refractivity contribution in [3.8, 4) is 0 Å². The molecule has 7 heteroatoms. The lowest BCUT2D eigenvalue weighted by Crippen LogP contribution is -2.51. The number of aromatic nitrogens is 1. The molecule has 2 aliphatic rings. The van der Waals surface area contributed by atoms with Gasteiger partial charge in [-0.25, -0.2) is 0 Å². The zero-order valence-electron chi connectivity index (χ0n) is 14.7. The van der Waals surface area contributed by atoms with E-state index in [-0.39, 0.29) is 18.0 Å². The molecule has 3 rings (SSSR count). The van der Waals surface area contributed by atoms with Crippen LogP contribution in [0, 0.1) is 6.92 Å². The Hall–Kier alpha value is -1.44. The molecule has 1 aliphatic carbocycles. The van der Waals surface area contributed by atoms with E-state index in [2.05, 4.69) is 10.1 Å². The second-order valence-electron chi connectivity index (χ2n) is 6.68. The average molecular weight is 337 g/mol. The Bertz CT molecular complexity index is 582. The van der Waals surface area contributed by atoms with Gasteiger partial charge in [-0.15, -0.1) is 0 Å². The van der Waals surface area contributed by atoms with Gasteiger partial charge in [-0.1, -0.05) is 12.1 Å². The van der Waals surface area contributed by atoms with Gasteiger partial charge < -0.3 is 19.3 Å². The zero-order valence-corrected chi connectivity index (χ0v) is 14.7. The maximum Gasteiger partial charge on any atom is 0.259 e. The van der Waals surface area contributed by atoms with E-state index >= 15 is 0 Å². The Morgan fingerprint density at radius 2 is 2.08 bits per heavy atom. The van der Waals surface area contributed by atoms with Crippen LogP contribution >= 0.6 is 0 Å². The van der Waals surface area contributed by atoms with E-state index in [1.54, 1.807) is 18.9 Å². The molecule has 1 aliphatic heterocycles. The van der Waals surface area contributed by atoms with E-state index in [0.717, 1.165) is 25.9 Å². The van der Waals surface area contributed by atoms with Crippen LogP contribution in [0.15, 0.2) is 4.52 Å². The summed E-state index contributed by atoms with van der Waals surface area (Å²) in [6.45, 7) is 6.82. The molecule has 24 heavy (non-hydrogen) atoms. The molecular weight excluding hydrogens is 310 g/mol. The van der Waals surface area contributed by atoms with Crippen molar-refractivity contribution in [1.82, 2.24) is 15.0 Å². The predicted octanol–water partition coefficient (Wildman–Crippen LogP) is 0.842. The monoisotopic (exact) mass is 337 g/mol. The van der Waals surface area contributed by atoms with E-state index in [1.807, 2.05) is 6.92 Å². The lowest BCUT2D eigenvalue weighted by Gasteiger charge is -2.36. The first kappa shape index (κ1) is 17.4. The molecule has 134 valence electrons. The van der Waals surface area contributed by atoms with E-state index < -0.39 is 6.10 Å². The molecule has 2 heterocycles. The number of amides is 1. The van der Waals surface area contributed by atoms with Gasteiger partial charge in [0.05, 0.1) is 31.1 Å². The second kappa shape index (κ2) is 7.21. The molecule has 1 aromatic rings. The number of ether oxygens (including phenoxy) is 1. The predicted molar refractivity (Wildman–Crippen MR) is 87.9 cm³/mol. The van der Waals surface area contributed by atoms with Gasteiger partial charge in [0.1, 0.15) is 11.3 Å². The Morgan fingerprint density at radius 1 is 1.38 bits per heavy atom. The first-order valence-corrected chi connectivity index (χ1v) is 8.76. The summed E-state index contributed by atoms with van der Waals surface area (Å²) in [4.78, 5) is 16.9. The fourth-order valence-corrected chi connectivity index (χ4v) is 3.93. The number of aliphatic hydroxyl groups excluding tert-OH is 1. The summed E-state index contributed by atoms with van der Waals surface area (Å²) in [6, 6.07) is -0.0762. The maximum absolute atomic E-state index is 12.9. The van der Waals surface area contributed by atoms with E-state index in [1.165, 1.54) is 0 Å².